The SMILES string of the molecule is CC#CCC/C=C(\C)CCCC. The summed E-state index contributed by atoms with van der Waals surface area (Å²) < 4.78 is 0. The topological polar surface area (TPSA) is 0 Å². The largest absolute Gasteiger partial charge is 0.107 e. The van der Waals surface area contributed by atoms with E-state index in [0.29, 0.717) is 0 Å². The normalized spacial score (nSPS) is 10.8. The van der Waals surface area contributed by atoms with Gasteiger partial charge in [0.25, 0.3) is 0 Å². The van der Waals surface area contributed by atoms with Crippen LogP contribution in [-0.4, -0.2) is 0 Å². The number of allylic oxidation sites excluding steroid dienone is 2. The molecule has 68 valence electrons. The maximum atomic E-state index is 3.07. The first-order chi connectivity index (χ1) is 5.81. The lowest BCUT2D eigenvalue weighted by Crippen LogP contribution is -1.77. The van der Waals surface area contributed by atoms with Crippen molar-refractivity contribution in [2.24, 2.45) is 0 Å². The summed E-state index contributed by atoms with van der Waals surface area (Å²) in [6.45, 7) is 6.35. The Morgan fingerprint density at radius 3 is 2.75 bits per heavy atom. The van der Waals surface area contributed by atoms with Gasteiger partial charge in [-0.25, -0.2) is 0 Å². The highest BCUT2D eigenvalue weighted by Crippen LogP contribution is 2.07. The van der Waals surface area contributed by atoms with Crippen LogP contribution in [0.25, 0.3) is 0 Å². The van der Waals surface area contributed by atoms with E-state index in [9.17, 15) is 0 Å². The molecular formula is C12H20. The molecule has 0 fully saturated rings. The van der Waals surface area contributed by atoms with Crippen molar-refractivity contribution in [3.05, 3.63) is 11.6 Å². The van der Waals surface area contributed by atoms with Crippen LogP contribution >= 0.6 is 0 Å². The van der Waals surface area contributed by atoms with Crippen LogP contribution < -0.4 is 0 Å². The number of hydrogen-bond donors (Lipinski definition) is 0. The molecular weight excluding hydrogens is 144 g/mol. The Labute approximate surface area is 77.1 Å². The minimum Gasteiger partial charge on any atom is -0.107 e. The zero-order valence-corrected chi connectivity index (χ0v) is 8.61. The second-order valence-corrected chi connectivity index (χ2v) is 3.12. The van der Waals surface area contributed by atoms with E-state index < -0.39 is 0 Å². The first-order valence-electron chi connectivity index (χ1n) is 4.86. The van der Waals surface area contributed by atoms with Crippen LogP contribution in [0, 0.1) is 11.8 Å². The molecule has 0 atom stereocenters. The van der Waals surface area contributed by atoms with E-state index in [4.69, 9.17) is 0 Å². The fraction of sp³-hybridized carbons (Fsp3) is 0.667. The van der Waals surface area contributed by atoms with Crippen LogP contribution in [-0.2, 0) is 0 Å². The van der Waals surface area contributed by atoms with E-state index in [1.807, 2.05) is 6.92 Å². The molecule has 0 aliphatic rings. The monoisotopic (exact) mass is 164 g/mol. The molecule has 12 heavy (non-hydrogen) atoms. The summed E-state index contributed by atoms with van der Waals surface area (Å²) in [5.74, 6) is 5.97. The molecule has 0 aromatic heterocycles. The smallest absolute Gasteiger partial charge is 0.0123 e. The molecule has 0 rings (SSSR count). The number of hydrogen-bond acceptors (Lipinski definition) is 0. The van der Waals surface area contributed by atoms with Gasteiger partial charge in [-0.05, 0) is 33.1 Å². The molecule has 0 saturated carbocycles. The quantitative estimate of drug-likeness (QED) is 0.328. The Morgan fingerprint density at radius 1 is 1.42 bits per heavy atom. The Kier molecular flexibility index (Phi) is 7.91. The average Bonchev–Trinajstić information content (AvgIpc) is 2.09. The molecule has 0 radical (unpaired) electrons. The van der Waals surface area contributed by atoms with Crippen molar-refractivity contribution < 1.29 is 0 Å². The maximum Gasteiger partial charge on any atom is 0.0123 e. The predicted octanol–water partition coefficient (Wildman–Crippen LogP) is 3.93. The third-order valence-corrected chi connectivity index (χ3v) is 1.86. The van der Waals surface area contributed by atoms with E-state index in [1.54, 1.807) is 0 Å². The van der Waals surface area contributed by atoms with Crippen LogP contribution in [0.1, 0.15) is 52.9 Å². The Morgan fingerprint density at radius 2 is 2.17 bits per heavy atom. The predicted molar refractivity (Wildman–Crippen MR) is 56.0 cm³/mol. The summed E-state index contributed by atoms with van der Waals surface area (Å²) in [5.41, 5.74) is 1.52. The van der Waals surface area contributed by atoms with Gasteiger partial charge in [0.2, 0.25) is 0 Å². The van der Waals surface area contributed by atoms with Gasteiger partial charge in [0.1, 0.15) is 0 Å². The molecule has 0 aliphatic heterocycles. The van der Waals surface area contributed by atoms with Gasteiger partial charge in [-0.2, -0.15) is 0 Å². The first-order valence-corrected chi connectivity index (χ1v) is 4.86. The molecule has 0 aromatic carbocycles. The summed E-state index contributed by atoms with van der Waals surface area (Å²) >= 11 is 0. The van der Waals surface area contributed by atoms with E-state index in [0.717, 1.165) is 12.8 Å². The average molecular weight is 164 g/mol. The molecule has 0 heteroatoms. The molecule has 0 heterocycles. The Hall–Kier alpha value is -0.700. The van der Waals surface area contributed by atoms with Crippen molar-refractivity contribution in [1.82, 2.24) is 0 Å². The van der Waals surface area contributed by atoms with Crippen molar-refractivity contribution in [2.45, 2.75) is 52.9 Å². The summed E-state index contributed by atoms with van der Waals surface area (Å²) in [4.78, 5) is 0. The van der Waals surface area contributed by atoms with Gasteiger partial charge in [0, 0.05) is 6.42 Å². The molecule has 0 spiro atoms. The van der Waals surface area contributed by atoms with Gasteiger partial charge in [-0.3, -0.25) is 0 Å². The first kappa shape index (κ1) is 11.3. The molecule has 0 unspecified atom stereocenters. The minimum atomic E-state index is 1.01. The highest BCUT2D eigenvalue weighted by Gasteiger charge is 1.87. The highest BCUT2D eigenvalue weighted by atomic mass is 13.9. The van der Waals surface area contributed by atoms with Gasteiger partial charge >= 0.3 is 0 Å². The maximum absolute atomic E-state index is 3.07. The zero-order valence-electron chi connectivity index (χ0n) is 8.61. The van der Waals surface area contributed by atoms with Crippen LogP contribution in [0.5, 0.6) is 0 Å². The van der Waals surface area contributed by atoms with Gasteiger partial charge in [0.15, 0.2) is 0 Å². The molecule has 0 nitrogen and oxygen atoms in total. The molecule has 0 saturated heterocycles. The standard InChI is InChI=1S/C12H20/c1-4-6-8-9-11-12(3)10-7-5-2/h11H,5,7-10H2,1-3H3/b12-11+. The van der Waals surface area contributed by atoms with E-state index in [-0.39, 0.29) is 0 Å². The molecule has 0 bridgehead atoms. The number of unbranched alkanes of at least 4 members (excludes halogenated alkanes) is 2. The van der Waals surface area contributed by atoms with Crippen LogP contribution in [0.3, 0.4) is 0 Å². The van der Waals surface area contributed by atoms with Crippen molar-refractivity contribution in [1.29, 1.82) is 0 Å². The lowest BCUT2D eigenvalue weighted by Gasteiger charge is -1.97. The third-order valence-electron chi connectivity index (χ3n) is 1.86. The summed E-state index contributed by atoms with van der Waals surface area (Å²) in [5, 5.41) is 0. The molecule has 0 N–H and O–H groups in total. The third kappa shape index (κ3) is 7.41. The van der Waals surface area contributed by atoms with Gasteiger partial charge in [0.05, 0.1) is 0 Å². The van der Waals surface area contributed by atoms with E-state index >= 15 is 0 Å². The molecule has 0 amide bonds. The van der Waals surface area contributed by atoms with Crippen molar-refractivity contribution >= 4 is 0 Å². The summed E-state index contributed by atoms with van der Waals surface area (Å²) in [6.07, 6.45) is 8.33. The second kappa shape index (κ2) is 8.40. The second-order valence-electron chi connectivity index (χ2n) is 3.12. The van der Waals surface area contributed by atoms with Gasteiger partial charge in [-0.1, -0.05) is 25.0 Å². The molecule has 0 aromatic rings. The van der Waals surface area contributed by atoms with Crippen molar-refractivity contribution in [3.63, 3.8) is 0 Å². The van der Waals surface area contributed by atoms with Crippen LogP contribution in [0.15, 0.2) is 11.6 Å². The van der Waals surface area contributed by atoms with E-state index in [2.05, 4.69) is 31.8 Å². The zero-order chi connectivity index (χ0) is 9.23. The Bertz CT molecular complexity index is 176. The summed E-state index contributed by atoms with van der Waals surface area (Å²) in [6, 6.07) is 0. The lowest BCUT2D eigenvalue weighted by atomic mass is 10.1. The van der Waals surface area contributed by atoms with Gasteiger partial charge in [-0.15, -0.1) is 11.8 Å². The van der Waals surface area contributed by atoms with E-state index in [1.165, 1.54) is 24.8 Å². The van der Waals surface area contributed by atoms with Crippen LogP contribution in [0.4, 0.5) is 0 Å². The van der Waals surface area contributed by atoms with Crippen LogP contribution in [0.2, 0.25) is 0 Å². The van der Waals surface area contributed by atoms with Crippen molar-refractivity contribution in [2.75, 3.05) is 0 Å². The van der Waals surface area contributed by atoms with Crippen molar-refractivity contribution in [3.8, 4) is 11.8 Å². The fourth-order valence-electron chi connectivity index (χ4n) is 1.07. The number of rotatable bonds is 5. The molecule has 0 aliphatic carbocycles. The minimum absolute atomic E-state index is 1.01. The highest BCUT2D eigenvalue weighted by molar-refractivity contribution is 5.02. The van der Waals surface area contributed by atoms with Gasteiger partial charge < -0.3 is 0 Å². The summed E-state index contributed by atoms with van der Waals surface area (Å²) in [7, 11) is 0. The lowest BCUT2D eigenvalue weighted by molar-refractivity contribution is 0.782. The Balaban J connectivity index is 3.45. The fourth-order valence-corrected chi connectivity index (χ4v) is 1.07.